The van der Waals surface area contributed by atoms with E-state index in [1.807, 2.05) is 0 Å². The molecule has 1 atom stereocenters. The highest BCUT2D eigenvalue weighted by Gasteiger charge is 2.28. The highest BCUT2D eigenvalue weighted by molar-refractivity contribution is 5.07. The lowest BCUT2D eigenvalue weighted by Gasteiger charge is -2.12. The number of hydrogen-bond donors (Lipinski definition) is 3. The minimum Gasteiger partial charge on any atom is -0.508 e. The van der Waals surface area contributed by atoms with Gasteiger partial charge in [-0.05, 0) is 0 Å². The number of H-pyrrole nitrogens is 1. The van der Waals surface area contributed by atoms with E-state index in [9.17, 15) is 14.7 Å². The van der Waals surface area contributed by atoms with Crippen molar-refractivity contribution in [2.75, 3.05) is 6.61 Å². The molecule has 7 heteroatoms. The number of aliphatic hydroxyl groups excluding tert-OH is 2. The fraction of sp³-hybridized carbons (Fsp3) is 0.333. The van der Waals surface area contributed by atoms with Crippen molar-refractivity contribution < 1.29 is 14.9 Å². The van der Waals surface area contributed by atoms with E-state index in [0.717, 1.165) is 4.57 Å². The number of aromatic amines is 1. The van der Waals surface area contributed by atoms with Crippen LogP contribution in [0.4, 0.5) is 0 Å². The maximum atomic E-state index is 11.4. The normalized spacial score (nSPS) is 19.9. The van der Waals surface area contributed by atoms with Gasteiger partial charge in [-0.3, -0.25) is 4.79 Å². The van der Waals surface area contributed by atoms with Crippen LogP contribution in [0.5, 0.6) is 0 Å². The maximum Gasteiger partial charge on any atom is 0.331 e. The second kappa shape index (κ2) is 3.86. The Morgan fingerprint density at radius 3 is 2.88 bits per heavy atom. The predicted molar refractivity (Wildman–Crippen MR) is 52.8 cm³/mol. The molecule has 1 aliphatic heterocycles. The Kier molecular flexibility index (Phi) is 2.53. The lowest BCUT2D eigenvalue weighted by atomic mass is 10.3. The first-order valence-electron chi connectivity index (χ1n) is 4.62. The molecule has 1 aliphatic rings. The van der Waals surface area contributed by atoms with Crippen LogP contribution in [0.3, 0.4) is 0 Å². The van der Waals surface area contributed by atoms with Gasteiger partial charge in [0.25, 0.3) is 5.56 Å². The predicted octanol–water partition coefficient (Wildman–Crippen LogP) is -0.783. The summed E-state index contributed by atoms with van der Waals surface area (Å²) in [6, 6.07) is 1.18. The molecule has 0 aromatic carbocycles. The molecule has 0 spiro atoms. The second-order valence-corrected chi connectivity index (χ2v) is 3.30. The molecular weight excluding hydrogens is 216 g/mol. The molecule has 86 valence electrons. The van der Waals surface area contributed by atoms with Gasteiger partial charge in [-0.2, -0.15) is 0 Å². The summed E-state index contributed by atoms with van der Waals surface area (Å²) < 4.78 is 5.94. The van der Waals surface area contributed by atoms with E-state index in [1.165, 1.54) is 12.3 Å². The van der Waals surface area contributed by atoms with Crippen LogP contribution < -0.4 is 11.2 Å². The fourth-order valence-corrected chi connectivity index (χ4v) is 1.53. The molecule has 1 aromatic rings. The Balaban J connectivity index is 2.37. The number of hydrogen-bond acceptors (Lipinski definition) is 5. The summed E-state index contributed by atoms with van der Waals surface area (Å²) in [5, 5.41) is 18.2. The standard InChI is InChI=1S/C9H10N2O5/c12-4-6-5(13)3-8(16-6)11-7(14)1-2-10-9(11)15/h1-2,8,12-13H,3-4H2,(H,10,15)/t8-/m1/s1. The van der Waals surface area contributed by atoms with Crippen molar-refractivity contribution in [2.24, 2.45) is 0 Å². The van der Waals surface area contributed by atoms with Crippen molar-refractivity contribution in [3.05, 3.63) is 44.6 Å². The van der Waals surface area contributed by atoms with E-state index in [2.05, 4.69) is 4.98 Å². The van der Waals surface area contributed by atoms with Crippen molar-refractivity contribution in [3.8, 4) is 0 Å². The van der Waals surface area contributed by atoms with Crippen LogP contribution in [0.25, 0.3) is 0 Å². The molecule has 0 saturated heterocycles. The number of rotatable bonds is 2. The summed E-state index contributed by atoms with van der Waals surface area (Å²) in [5.41, 5.74) is -1.15. The quantitative estimate of drug-likeness (QED) is 0.613. The van der Waals surface area contributed by atoms with Crippen LogP contribution in [-0.4, -0.2) is 26.4 Å². The zero-order chi connectivity index (χ0) is 11.7. The van der Waals surface area contributed by atoms with Crippen molar-refractivity contribution in [2.45, 2.75) is 12.6 Å². The molecule has 7 nitrogen and oxygen atoms in total. The largest absolute Gasteiger partial charge is 0.508 e. The molecule has 0 saturated carbocycles. The number of nitrogens with one attached hydrogen (secondary N) is 1. The third-order valence-corrected chi connectivity index (χ3v) is 2.29. The molecule has 3 N–H and O–H groups in total. The average molecular weight is 226 g/mol. The first kappa shape index (κ1) is 10.5. The van der Waals surface area contributed by atoms with E-state index in [1.54, 1.807) is 0 Å². The molecular formula is C9H10N2O5. The van der Waals surface area contributed by atoms with Gasteiger partial charge in [0.1, 0.15) is 12.4 Å². The van der Waals surface area contributed by atoms with Gasteiger partial charge in [0.2, 0.25) is 0 Å². The van der Waals surface area contributed by atoms with Crippen molar-refractivity contribution >= 4 is 0 Å². The van der Waals surface area contributed by atoms with Gasteiger partial charge in [-0.15, -0.1) is 0 Å². The molecule has 2 heterocycles. The molecule has 0 radical (unpaired) electrons. The van der Waals surface area contributed by atoms with Crippen molar-refractivity contribution in [3.63, 3.8) is 0 Å². The number of aliphatic hydroxyl groups is 2. The fourth-order valence-electron chi connectivity index (χ4n) is 1.53. The molecule has 0 aliphatic carbocycles. The summed E-state index contributed by atoms with van der Waals surface area (Å²) in [4.78, 5) is 25.2. The van der Waals surface area contributed by atoms with Crippen LogP contribution >= 0.6 is 0 Å². The Labute approximate surface area is 89.2 Å². The highest BCUT2D eigenvalue weighted by atomic mass is 16.5. The lowest BCUT2D eigenvalue weighted by molar-refractivity contribution is 0.0568. The highest BCUT2D eigenvalue weighted by Crippen LogP contribution is 2.28. The molecule has 16 heavy (non-hydrogen) atoms. The summed E-state index contributed by atoms with van der Waals surface area (Å²) in [5.74, 6) is -0.164. The van der Waals surface area contributed by atoms with Gasteiger partial charge >= 0.3 is 5.69 Å². The Morgan fingerprint density at radius 1 is 1.56 bits per heavy atom. The smallest absolute Gasteiger partial charge is 0.331 e. The number of ether oxygens (including phenoxy) is 1. The molecule has 2 rings (SSSR count). The number of aromatic nitrogens is 2. The van der Waals surface area contributed by atoms with Gasteiger partial charge in [-0.1, -0.05) is 0 Å². The van der Waals surface area contributed by atoms with Gasteiger partial charge in [0.15, 0.2) is 12.0 Å². The minimum atomic E-state index is -0.903. The summed E-state index contributed by atoms with van der Waals surface area (Å²) in [6.45, 7) is -0.470. The Bertz CT molecular complexity index is 513. The van der Waals surface area contributed by atoms with E-state index in [-0.39, 0.29) is 17.9 Å². The Morgan fingerprint density at radius 2 is 2.31 bits per heavy atom. The summed E-state index contributed by atoms with van der Waals surface area (Å²) in [7, 11) is 0. The third kappa shape index (κ3) is 1.61. The molecule has 1 aromatic heterocycles. The molecule has 0 fully saturated rings. The Hall–Kier alpha value is -2.02. The molecule has 0 unspecified atom stereocenters. The van der Waals surface area contributed by atoms with Gasteiger partial charge < -0.3 is 19.9 Å². The van der Waals surface area contributed by atoms with E-state index >= 15 is 0 Å². The molecule has 0 amide bonds. The van der Waals surface area contributed by atoms with E-state index in [4.69, 9.17) is 9.84 Å². The zero-order valence-electron chi connectivity index (χ0n) is 8.21. The van der Waals surface area contributed by atoms with Crippen LogP contribution in [0.1, 0.15) is 12.6 Å². The topological polar surface area (TPSA) is 105 Å². The van der Waals surface area contributed by atoms with Crippen molar-refractivity contribution in [1.29, 1.82) is 0 Å². The zero-order valence-corrected chi connectivity index (χ0v) is 8.21. The summed E-state index contributed by atoms with van der Waals surface area (Å²) >= 11 is 0. The minimum absolute atomic E-state index is 0.0110. The average Bonchev–Trinajstić information content (AvgIpc) is 2.59. The maximum absolute atomic E-state index is 11.4. The van der Waals surface area contributed by atoms with Gasteiger partial charge in [-0.25, -0.2) is 9.36 Å². The number of nitrogens with zero attached hydrogens (tertiary/aromatic N) is 1. The second-order valence-electron chi connectivity index (χ2n) is 3.30. The van der Waals surface area contributed by atoms with Crippen LogP contribution in [-0.2, 0) is 4.74 Å². The van der Waals surface area contributed by atoms with Crippen LogP contribution in [0, 0.1) is 0 Å². The SMILES string of the molecule is O=c1cc[nH]c(=O)n1[C@H]1CC(O)=C(CO)O1. The van der Waals surface area contributed by atoms with Crippen LogP contribution in [0.2, 0.25) is 0 Å². The van der Waals surface area contributed by atoms with Crippen LogP contribution in [0.15, 0.2) is 33.4 Å². The van der Waals surface area contributed by atoms with Gasteiger partial charge in [0, 0.05) is 12.3 Å². The first-order chi connectivity index (χ1) is 7.63. The monoisotopic (exact) mass is 226 g/mol. The van der Waals surface area contributed by atoms with Crippen molar-refractivity contribution in [1.82, 2.24) is 9.55 Å². The third-order valence-electron chi connectivity index (χ3n) is 2.29. The van der Waals surface area contributed by atoms with E-state index in [0.29, 0.717) is 0 Å². The first-order valence-corrected chi connectivity index (χ1v) is 4.62. The lowest BCUT2D eigenvalue weighted by Crippen LogP contribution is -2.37. The molecule has 0 bridgehead atoms. The summed E-state index contributed by atoms with van der Waals surface area (Å²) in [6.07, 6.45) is 0.318. The van der Waals surface area contributed by atoms with E-state index < -0.39 is 24.1 Å². The van der Waals surface area contributed by atoms with Gasteiger partial charge in [0.05, 0.1) is 6.42 Å².